The van der Waals surface area contributed by atoms with Crippen LogP contribution in [0.5, 0.6) is 6.01 Å². The number of methoxy groups -OCH3 is 2. The van der Waals surface area contributed by atoms with E-state index in [1.54, 1.807) is 14.2 Å². The third-order valence-electron chi connectivity index (χ3n) is 10.9. The van der Waals surface area contributed by atoms with Crippen LogP contribution in [0.1, 0.15) is 42.9 Å². The first kappa shape index (κ1) is 33.4. The van der Waals surface area contributed by atoms with E-state index in [2.05, 4.69) is 25.8 Å². The van der Waals surface area contributed by atoms with Crippen LogP contribution in [0.15, 0.2) is 6.20 Å². The highest BCUT2D eigenvalue weighted by Gasteiger charge is 2.43. The van der Waals surface area contributed by atoms with Crippen LogP contribution in [0.3, 0.4) is 0 Å². The average Bonchev–Trinajstić information content (AvgIpc) is 3.88. The zero-order chi connectivity index (χ0) is 34.8. The number of likely N-dealkylation sites (N-methyl/N-ethyl adjacent to an activating group) is 1. The van der Waals surface area contributed by atoms with Gasteiger partial charge in [-0.3, -0.25) is 14.8 Å². The molecule has 4 aliphatic rings. The summed E-state index contributed by atoms with van der Waals surface area (Å²) in [5, 5.41) is 10.9. The zero-order valence-corrected chi connectivity index (χ0v) is 29.4. The number of nitrogen functional groups attached to an aromatic ring is 1. The average molecular weight is 707 g/mol. The van der Waals surface area contributed by atoms with E-state index in [4.69, 9.17) is 34.6 Å². The molecule has 5 atom stereocenters. The van der Waals surface area contributed by atoms with Gasteiger partial charge in [-0.15, -0.1) is 11.3 Å². The van der Waals surface area contributed by atoms with Crippen LogP contribution >= 0.6 is 11.3 Å². The minimum atomic E-state index is -0.650. The SMILES string of the molecule is COCCN1CC2CCC(C1)N2c1nc(OC(C)[C@@H]2C[C@@H](OC)CN2C)nc2c(F)c(-c3ncc(F)c4sc(N)c(C#N)c34)c3c(c12)COC3. The number of ether oxygens (including phenoxy) is 4. The van der Waals surface area contributed by atoms with Crippen LogP contribution in [0.4, 0.5) is 19.6 Å². The molecule has 8 rings (SSSR count). The number of piperazine rings is 1. The van der Waals surface area contributed by atoms with Crippen LogP contribution in [-0.4, -0.2) is 109 Å². The summed E-state index contributed by atoms with van der Waals surface area (Å²) >= 11 is 0.948. The van der Waals surface area contributed by atoms with Crippen LogP contribution in [-0.2, 0) is 27.4 Å². The highest BCUT2D eigenvalue weighted by Crippen LogP contribution is 2.48. The second-order valence-corrected chi connectivity index (χ2v) is 14.8. The Kier molecular flexibility index (Phi) is 8.73. The van der Waals surface area contributed by atoms with Crippen molar-refractivity contribution in [2.75, 3.05) is 64.7 Å². The number of benzene rings is 1. The standard InChI is InChI=1S/C35H40F2N8O4S/c1-17(25-9-20(47-4)14-43(25)2)49-35-41-31-28(34(42-35)45-18-5-6-19(45)13-44(12-18)7-8-46-3)23-16-48-15-22(23)26(29(31)37)30-27-21(10-38)33(39)50-32(27)24(36)11-40-30/h11,17-20,25H,5-9,12-16,39H2,1-4H3/t17?,18?,19?,20-,25+/m1/s1. The van der Waals surface area contributed by atoms with Crippen molar-refractivity contribution < 1.29 is 27.7 Å². The lowest BCUT2D eigenvalue weighted by atomic mass is 9.93. The summed E-state index contributed by atoms with van der Waals surface area (Å²) in [6, 6.07) is 2.51. The first-order valence-corrected chi connectivity index (χ1v) is 17.8. The number of hydrogen-bond donors (Lipinski definition) is 1. The van der Waals surface area contributed by atoms with E-state index < -0.39 is 11.6 Å². The van der Waals surface area contributed by atoms with Gasteiger partial charge in [-0.05, 0) is 44.4 Å². The number of pyridine rings is 1. The highest BCUT2D eigenvalue weighted by atomic mass is 32.1. The predicted octanol–water partition coefficient (Wildman–Crippen LogP) is 4.45. The number of likely N-dealkylation sites (tertiary alicyclic amines) is 2. The van der Waals surface area contributed by atoms with Crippen LogP contribution in [0, 0.1) is 23.0 Å². The summed E-state index contributed by atoms with van der Waals surface area (Å²) in [6.45, 7) is 6.22. The molecule has 50 heavy (non-hydrogen) atoms. The molecule has 3 fully saturated rings. The number of nitrogens with two attached hydrogens (primary N) is 1. The van der Waals surface area contributed by atoms with E-state index in [1.165, 1.54) is 0 Å². The molecule has 3 aromatic heterocycles. The van der Waals surface area contributed by atoms with E-state index in [9.17, 15) is 5.26 Å². The third-order valence-corrected chi connectivity index (χ3v) is 12.0. The lowest BCUT2D eigenvalue weighted by Crippen LogP contribution is -2.54. The molecular formula is C35H40F2N8O4S. The predicted molar refractivity (Wildman–Crippen MR) is 185 cm³/mol. The molecule has 7 heterocycles. The number of thiophene rings is 1. The molecule has 2 bridgehead atoms. The Labute approximate surface area is 292 Å². The summed E-state index contributed by atoms with van der Waals surface area (Å²) in [6.07, 6.45) is 3.55. The normalized spacial score (nSPS) is 24.4. The van der Waals surface area contributed by atoms with Crippen molar-refractivity contribution in [1.29, 1.82) is 5.26 Å². The van der Waals surface area contributed by atoms with Gasteiger partial charge in [-0.2, -0.15) is 15.2 Å². The van der Waals surface area contributed by atoms with Crippen molar-refractivity contribution in [2.24, 2.45) is 0 Å². The molecule has 3 saturated heterocycles. The van der Waals surface area contributed by atoms with E-state index in [0.29, 0.717) is 23.4 Å². The number of nitriles is 1. The minimum Gasteiger partial charge on any atom is -0.459 e. The number of hydrogen-bond acceptors (Lipinski definition) is 13. The smallest absolute Gasteiger partial charge is 0.319 e. The number of fused-ring (bicyclic) bond motifs is 6. The van der Waals surface area contributed by atoms with E-state index in [1.807, 2.05) is 14.0 Å². The highest BCUT2D eigenvalue weighted by molar-refractivity contribution is 7.23. The molecule has 2 N–H and O–H groups in total. The fourth-order valence-corrected chi connectivity index (χ4v) is 9.47. The van der Waals surface area contributed by atoms with Crippen molar-refractivity contribution in [1.82, 2.24) is 24.8 Å². The molecule has 0 amide bonds. The Bertz CT molecular complexity index is 2010. The van der Waals surface area contributed by atoms with Gasteiger partial charge in [0.1, 0.15) is 28.5 Å². The van der Waals surface area contributed by atoms with Crippen LogP contribution < -0.4 is 15.4 Å². The van der Waals surface area contributed by atoms with Gasteiger partial charge >= 0.3 is 6.01 Å². The van der Waals surface area contributed by atoms with Crippen molar-refractivity contribution in [3.63, 3.8) is 0 Å². The molecule has 0 saturated carbocycles. The molecular weight excluding hydrogens is 666 g/mol. The second kappa shape index (κ2) is 13.1. The van der Waals surface area contributed by atoms with Gasteiger partial charge in [0, 0.05) is 69.5 Å². The lowest BCUT2D eigenvalue weighted by Gasteiger charge is -2.42. The number of nitrogens with zero attached hydrogens (tertiary/aromatic N) is 7. The number of aromatic nitrogens is 3. The van der Waals surface area contributed by atoms with Gasteiger partial charge in [-0.1, -0.05) is 0 Å². The Hall–Kier alpha value is -3.78. The molecule has 264 valence electrons. The van der Waals surface area contributed by atoms with Crippen LogP contribution in [0.25, 0.3) is 32.2 Å². The molecule has 3 unspecified atom stereocenters. The Morgan fingerprint density at radius 3 is 2.58 bits per heavy atom. The maximum atomic E-state index is 17.5. The maximum Gasteiger partial charge on any atom is 0.319 e. The molecule has 15 heteroatoms. The third kappa shape index (κ3) is 5.35. The molecule has 0 radical (unpaired) electrons. The summed E-state index contributed by atoms with van der Waals surface area (Å²) < 4.78 is 56.2. The van der Waals surface area contributed by atoms with Gasteiger partial charge in [0.05, 0.1) is 53.5 Å². The fourth-order valence-electron chi connectivity index (χ4n) is 8.55. The van der Waals surface area contributed by atoms with Crippen molar-refractivity contribution >= 4 is 43.1 Å². The van der Waals surface area contributed by atoms with Crippen LogP contribution in [0.2, 0.25) is 0 Å². The summed E-state index contributed by atoms with van der Waals surface area (Å²) in [5.41, 5.74) is 7.90. The van der Waals surface area contributed by atoms with Crippen molar-refractivity contribution in [3.8, 4) is 23.3 Å². The van der Waals surface area contributed by atoms with Gasteiger partial charge in [0.25, 0.3) is 0 Å². The number of anilines is 2. The summed E-state index contributed by atoms with van der Waals surface area (Å²) in [7, 11) is 5.46. The lowest BCUT2D eigenvalue weighted by molar-refractivity contribution is 0.106. The molecule has 0 spiro atoms. The quantitative estimate of drug-likeness (QED) is 0.264. The topological polar surface area (TPSA) is 135 Å². The Morgan fingerprint density at radius 1 is 1.12 bits per heavy atom. The Morgan fingerprint density at radius 2 is 1.88 bits per heavy atom. The van der Waals surface area contributed by atoms with Gasteiger partial charge in [0.15, 0.2) is 11.6 Å². The van der Waals surface area contributed by atoms with E-state index in [0.717, 1.165) is 68.5 Å². The summed E-state index contributed by atoms with van der Waals surface area (Å²) in [4.78, 5) is 21.2. The second-order valence-electron chi connectivity index (χ2n) is 13.8. The Balaban J connectivity index is 1.32. The maximum absolute atomic E-state index is 17.5. The minimum absolute atomic E-state index is 0.0437. The van der Waals surface area contributed by atoms with Crippen molar-refractivity contribution in [2.45, 2.75) is 69.7 Å². The molecule has 0 aliphatic carbocycles. The number of halogens is 2. The summed E-state index contributed by atoms with van der Waals surface area (Å²) in [5.74, 6) is -0.645. The fraction of sp³-hybridized carbons (Fsp3) is 0.543. The largest absolute Gasteiger partial charge is 0.459 e. The van der Waals surface area contributed by atoms with Gasteiger partial charge in [0.2, 0.25) is 0 Å². The molecule has 4 aromatic rings. The van der Waals surface area contributed by atoms with Gasteiger partial charge in [-0.25, -0.2) is 8.78 Å². The monoisotopic (exact) mass is 706 g/mol. The first-order chi connectivity index (χ1) is 24.2. The van der Waals surface area contributed by atoms with E-state index >= 15 is 8.78 Å². The number of rotatable bonds is 9. The molecule has 4 aliphatic heterocycles. The van der Waals surface area contributed by atoms with E-state index in [-0.39, 0.29) is 87.0 Å². The molecule has 1 aromatic carbocycles. The van der Waals surface area contributed by atoms with Gasteiger partial charge < -0.3 is 29.6 Å². The van der Waals surface area contributed by atoms with Crippen molar-refractivity contribution in [3.05, 3.63) is 34.5 Å². The molecule has 12 nitrogen and oxygen atoms in total. The zero-order valence-electron chi connectivity index (χ0n) is 28.5. The first-order valence-electron chi connectivity index (χ1n) is 17.0.